The highest BCUT2D eigenvalue weighted by atomic mass is 16.5. The topological polar surface area (TPSA) is 71.1 Å². The van der Waals surface area contributed by atoms with Gasteiger partial charge in [-0.3, -0.25) is 14.5 Å². The number of benzene rings is 2. The van der Waals surface area contributed by atoms with Crippen molar-refractivity contribution in [3.05, 3.63) is 65.7 Å². The summed E-state index contributed by atoms with van der Waals surface area (Å²) < 4.78 is 11.4. The van der Waals surface area contributed by atoms with Crippen LogP contribution in [0.2, 0.25) is 0 Å². The van der Waals surface area contributed by atoms with Crippen molar-refractivity contribution in [3.8, 4) is 0 Å². The summed E-state index contributed by atoms with van der Waals surface area (Å²) in [5.41, 5.74) is 2.31. The number of ether oxygens (including phenoxy) is 2. The molecule has 32 heavy (non-hydrogen) atoms. The monoisotopic (exact) mass is 435 g/mol. The molecule has 3 aliphatic heterocycles. The third-order valence-corrected chi connectivity index (χ3v) is 6.75. The van der Waals surface area contributed by atoms with Gasteiger partial charge in [0.15, 0.2) is 0 Å². The van der Waals surface area contributed by atoms with Crippen molar-refractivity contribution in [1.29, 1.82) is 0 Å². The van der Waals surface area contributed by atoms with Crippen LogP contribution in [0.3, 0.4) is 0 Å². The van der Waals surface area contributed by atoms with E-state index in [4.69, 9.17) is 9.47 Å². The van der Waals surface area contributed by atoms with Gasteiger partial charge in [0.25, 0.3) is 5.91 Å². The predicted octanol–water partition coefficient (Wildman–Crippen LogP) is 1.82. The van der Waals surface area contributed by atoms with E-state index in [0.717, 1.165) is 44.1 Å². The maximum Gasteiger partial charge on any atom is 0.258 e. The number of nitrogens with zero attached hydrogens (tertiary/aromatic N) is 2. The standard InChI is InChI=1S/C25H29N3O4/c29-23(26-10-11-27-12-14-31-15-13-27)22-16-25(18-32-22)17-28(21-9-5-4-8-20(21)25)24(30)19-6-2-1-3-7-19/h1-9,22H,10-18H2,(H,26,29)/t22-,25+/m1/s1. The summed E-state index contributed by atoms with van der Waals surface area (Å²) >= 11 is 0. The van der Waals surface area contributed by atoms with E-state index in [1.54, 1.807) is 0 Å². The van der Waals surface area contributed by atoms with E-state index in [1.165, 1.54) is 0 Å². The highest BCUT2D eigenvalue weighted by molar-refractivity contribution is 6.07. The first-order valence-corrected chi connectivity index (χ1v) is 11.3. The van der Waals surface area contributed by atoms with Crippen LogP contribution in [0.5, 0.6) is 0 Å². The Bertz CT molecular complexity index is 976. The van der Waals surface area contributed by atoms with E-state index in [2.05, 4.69) is 16.3 Å². The Labute approximate surface area is 188 Å². The minimum absolute atomic E-state index is 0.0201. The van der Waals surface area contributed by atoms with E-state index in [1.807, 2.05) is 53.4 Å². The van der Waals surface area contributed by atoms with Crippen LogP contribution in [0, 0.1) is 0 Å². The summed E-state index contributed by atoms with van der Waals surface area (Å²) in [6.45, 7) is 5.68. The normalized spacial score (nSPS) is 25.1. The van der Waals surface area contributed by atoms with E-state index in [-0.39, 0.29) is 17.2 Å². The SMILES string of the molecule is O=C(NCCN1CCOCC1)[C@H]1C[C@@]2(CO1)CN(C(=O)c1ccccc1)c1ccccc12. The van der Waals surface area contributed by atoms with Crippen LogP contribution in [0.1, 0.15) is 22.3 Å². The van der Waals surface area contributed by atoms with Gasteiger partial charge in [-0.1, -0.05) is 36.4 Å². The number of anilines is 1. The maximum absolute atomic E-state index is 13.2. The average molecular weight is 436 g/mol. The van der Waals surface area contributed by atoms with E-state index in [9.17, 15) is 9.59 Å². The molecule has 3 heterocycles. The van der Waals surface area contributed by atoms with Gasteiger partial charge in [-0.2, -0.15) is 0 Å². The van der Waals surface area contributed by atoms with E-state index >= 15 is 0 Å². The summed E-state index contributed by atoms with van der Waals surface area (Å²) in [4.78, 5) is 30.2. The van der Waals surface area contributed by atoms with Crippen LogP contribution in [0.15, 0.2) is 54.6 Å². The highest BCUT2D eigenvalue weighted by Crippen LogP contribution is 2.47. The van der Waals surface area contributed by atoms with Crippen LogP contribution < -0.4 is 10.2 Å². The second-order valence-electron chi connectivity index (χ2n) is 8.80. The molecule has 168 valence electrons. The molecule has 1 spiro atoms. The number of carbonyl (C=O) groups is 2. The molecule has 5 rings (SSSR count). The largest absolute Gasteiger partial charge is 0.379 e. The number of morpholine rings is 1. The molecule has 0 saturated carbocycles. The number of para-hydroxylation sites is 1. The quantitative estimate of drug-likeness (QED) is 0.776. The van der Waals surface area contributed by atoms with Gasteiger partial charge in [0.1, 0.15) is 6.10 Å². The summed E-state index contributed by atoms with van der Waals surface area (Å²) in [6.07, 6.45) is 0.0749. The van der Waals surface area contributed by atoms with Crippen molar-refractivity contribution in [2.75, 3.05) is 57.4 Å². The van der Waals surface area contributed by atoms with Gasteiger partial charge >= 0.3 is 0 Å². The molecule has 0 unspecified atom stereocenters. The molecule has 2 saturated heterocycles. The van der Waals surface area contributed by atoms with Gasteiger partial charge in [0.2, 0.25) is 5.91 Å². The van der Waals surface area contributed by atoms with Crippen LogP contribution in [-0.4, -0.2) is 75.4 Å². The van der Waals surface area contributed by atoms with Gasteiger partial charge in [-0.25, -0.2) is 0 Å². The first-order valence-electron chi connectivity index (χ1n) is 11.3. The van der Waals surface area contributed by atoms with Crippen molar-refractivity contribution < 1.29 is 19.1 Å². The molecule has 2 amide bonds. The van der Waals surface area contributed by atoms with Crippen LogP contribution >= 0.6 is 0 Å². The smallest absolute Gasteiger partial charge is 0.258 e. The molecule has 0 aromatic heterocycles. The molecule has 1 N–H and O–H groups in total. The van der Waals surface area contributed by atoms with E-state index in [0.29, 0.717) is 31.7 Å². The summed E-state index contributed by atoms with van der Waals surface area (Å²) in [5.74, 6) is -0.0891. The van der Waals surface area contributed by atoms with Crippen LogP contribution in [0.4, 0.5) is 5.69 Å². The Morgan fingerprint density at radius 1 is 1.03 bits per heavy atom. The predicted molar refractivity (Wildman–Crippen MR) is 121 cm³/mol. The Morgan fingerprint density at radius 2 is 1.78 bits per heavy atom. The molecule has 7 nitrogen and oxygen atoms in total. The Hall–Kier alpha value is -2.74. The number of rotatable bonds is 5. The first kappa shape index (κ1) is 21.1. The van der Waals surface area contributed by atoms with Crippen molar-refractivity contribution in [2.45, 2.75) is 17.9 Å². The molecule has 0 aliphatic carbocycles. The minimum atomic E-state index is -0.500. The van der Waals surface area contributed by atoms with E-state index < -0.39 is 6.10 Å². The second-order valence-corrected chi connectivity index (χ2v) is 8.80. The number of carbonyl (C=O) groups excluding carboxylic acids is 2. The number of amides is 2. The molecule has 0 bridgehead atoms. The number of hydrogen-bond donors (Lipinski definition) is 1. The van der Waals surface area contributed by atoms with Crippen LogP contribution in [0.25, 0.3) is 0 Å². The minimum Gasteiger partial charge on any atom is -0.379 e. The third-order valence-electron chi connectivity index (χ3n) is 6.75. The number of hydrogen-bond acceptors (Lipinski definition) is 5. The highest BCUT2D eigenvalue weighted by Gasteiger charge is 2.51. The fourth-order valence-electron chi connectivity index (χ4n) is 5.02. The zero-order chi connectivity index (χ0) is 22.0. The van der Waals surface area contributed by atoms with Crippen molar-refractivity contribution >= 4 is 17.5 Å². The maximum atomic E-state index is 13.2. The summed E-state index contributed by atoms with van der Waals surface area (Å²) in [7, 11) is 0. The number of nitrogens with one attached hydrogen (secondary N) is 1. The Kier molecular flexibility index (Phi) is 5.95. The second kappa shape index (κ2) is 9.02. The lowest BCUT2D eigenvalue weighted by molar-refractivity contribution is -0.130. The number of fused-ring (bicyclic) bond motifs is 2. The molecule has 2 fully saturated rings. The summed E-state index contributed by atoms with van der Waals surface area (Å²) in [6, 6.07) is 17.3. The van der Waals surface area contributed by atoms with Gasteiger partial charge < -0.3 is 19.7 Å². The zero-order valence-electron chi connectivity index (χ0n) is 18.2. The first-order chi connectivity index (χ1) is 15.7. The van der Waals surface area contributed by atoms with Gasteiger partial charge in [-0.15, -0.1) is 0 Å². The molecule has 0 radical (unpaired) electrons. The molecule has 3 aliphatic rings. The molecule has 7 heteroatoms. The lowest BCUT2D eigenvalue weighted by Crippen LogP contribution is -2.43. The molecule has 2 atom stereocenters. The fourth-order valence-corrected chi connectivity index (χ4v) is 5.02. The van der Waals surface area contributed by atoms with Crippen LogP contribution in [-0.2, 0) is 19.7 Å². The van der Waals surface area contributed by atoms with Gasteiger partial charge in [-0.05, 0) is 30.2 Å². The lowest BCUT2D eigenvalue weighted by atomic mass is 9.80. The summed E-state index contributed by atoms with van der Waals surface area (Å²) in [5, 5.41) is 3.04. The fraction of sp³-hybridized carbons (Fsp3) is 0.440. The molecular formula is C25H29N3O4. The Balaban J connectivity index is 1.26. The van der Waals surface area contributed by atoms with Gasteiger partial charge in [0.05, 0.1) is 19.8 Å². The third kappa shape index (κ3) is 4.03. The van der Waals surface area contributed by atoms with Gasteiger partial charge in [0, 0.05) is 49.4 Å². The molecule has 2 aromatic rings. The molecular weight excluding hydrogens is 406 g/mol. The average Bonchev–Trinajstić information content (AvgIpc) is 3.42. The molecule has 2 aromatic carbocycles. The Morgan fingerprint density at radius 3 is 2.59 bits per heavy atom. The van der Waals surface area contributed by atoms with Crippen molar-refractivity contribution in [2.24, 2.45) is 0 Å². The lowest BCUT2D eigenvalue weighted by Gasteiger charge is -2.26. The van der Waals surface area contributed by atoms with Crippen molar-refractivity contribution in [1.82, 2.24) is 10.2 Å². The van der Waals surface area contributed by atoms with Crippen molar-refractivity contribution in [3.63, 3.8) is 0 Å². The zero-order valence-corrected chi connectivity index (χ0v) is 18.2.